The van der Waals surface area contributed by atoms with E-state index in [1.165, 1.54) is 37.7 Å². The van der Waals surface area contributed by atoms with Crippen LogP contribution in [0.25, 0.3) is 0 Å². The molecular weight excluding hydrogens is 282 g/mol. The lowest BCUT2D eigenvalue weighted by Gasteiger charge is -2.25. The molecular formula is C18H28ClNO. The Labute approximate surface area is 134 Å². The summed E-state index contributed by atoms with van der Waals surface area (Å²) in [6.45, 7) is 4.43. The predicted octanol–water partition coefficient (Wildman–Crippen LogP) is 4.70. The van der Waals surface area contributed by atoms with E-state index in [-0.39, 0.29) is 0 Å². The molecule has 0 aromatic heterocycles. The fourth-order valence-corrected chi connectivity index (χ4v) is 3.68. The lowest BCUT2D eigenvalue weighted by molar-refractivity contribution is 0.316. The molecule has 0 heterocycles. The van der Waals surface area contributed by atoms with Crippen LogP contribution < -0.4 is 10.1 Å². The molecule has 1 aromatic rings. The fraction of sp³-hybridized carbons (Fsp3) is 0.667. The number of ether oxygens (including phenoxy) is 1. The average molecular weight is 310 g/mol. The first-order chi connectivity index (χ1) is 10.2. The van der Waals surface area contributed by atoms with Crippen molar-refractivity contribution in [1.29, 1.82) is 0 Å². The minimum absolute atomic E-state index is 0.686. The number of nitrogens with one attached hydrogen (secondary N) is 1. The lowest BCUT2D eigenvalue weighted by Crippen LogP contribution is -2.29. The third-order valence-electron chi connectivity index (χ3n) is 4.62. The topological polar surface area (TPSA) is 21.3 Å². The molecule has 0 amide bonds. The normalized spacial score (nSPS) is 17.1. The summed E-state index contributed by atoms with van der Waals surface area (Å²) in [5, 5.41) is 4.41. The number of halogens is 1. The molecule has 1 unspecified atom stereocenters. The van der Waals surface area contributed by atoms with Gasteiger partial charge in [-0.3, -0.25) is 0 Å². The first-order valence-electron chi connectivity index (χ1n) is 8.27. The van der Waals surface area contributed by atoms with Gasteiger partial charge in [-0.15, -0.1) is 0 Å². The Bertz CT molecular complexity index is 429. The minimum atomic E-state index is 0.686. The van der Waals surface area contributed by atoms with Gasteiger partial charge in [-0.05, 0) is 61.5 Å². The van der Waals surface area contributed by atoms with Crippen LogP contribution in [0.1, 0.15) is 44.6 Å². The Hall–Kier alpha value is -0.730. The zero-order valence-electron chi connectivity index (χ0n) is 13.3. The standard InChI is InChI=1S/C18H28ClNO/c1-3-10-20-13-16(14-6-4-5-7-14)11-15-12-17(19)8-9-18(15)21-2/h8-9,12,14,16,20H,3-7,10-11,13H2,1-2H3. The third kappa shape index (κ3) is 4.89. The van der Waals surface area contributed by atoms with Crippen LogP contribution in [0.4, 0.5) is 0 Å². The fourth-order valence-electron chi connectivity index (χ4n) is 3.49. The molecule has 1 N–H and O–H groups in total. The van der Waals surface area contributed by atoms with Crippen LogP contribution in [-0.2, 0) is 6.42 Å². The predicted molar refractivity (Wildman–Crippen MR) is 90.3 cm³/mol. The second-order valence-electron chi connectivity index (χ2n) is 6.17. The molecule has 0 radical (unpaired) electrons. The second kappa shape index (κ2) is 8.65. The van der Waals surface area contributed by atoms with Crippen LogP contribution >= 0.6 is 11.6 Å². The van der Waals surface area contributed by atoms with Gasteiger partial charge in [0.1, 0.15) is 5.75 Å². The van der Waals surface area contributed by atoms with Gasteiger partial charge in [0.2, 0.25) is 0 Å². The highest BCUT2D eigenvalue weighted by Crippen LogP contribution is 2.35. The van der Waals surface area contributed by atoms with Gasteiger partial charge < -0.3 is 10.1 Å². The maximum atomic E-state index is 6.17. The Morgan fingerprint density at radius 2 is 2.10 bits per heavy atom. The molecule has 0 aliphatic heterocycles. The van der Waals surface area contributed by atoms with Crippen LogP contribution in [-0.4, -0.2) is 20.2 Å². The van der Waals surface area contributed by atoms with Crippen LogP contribution in [0.3, 0.4) is 0 Å². The van der Waals surface area contributed by atoms with E-state index in [1.54, 1.807) is 7.11 Å². The van der Waals surface area contributed by atoms with Gasteiger partial charge in [-0.25, -0.2) is 0 Å². The summed E-state index contributed by atoms with van der Waals surface area (Å²) in [4.78, 5) is 0. The molecule has 1 aliphatic carbocycles. The van der Waals surface area contributed by atoms with Crippen molar-refractivity contribution < 1.29 is 4.74 Å². The molecule has 118 valence electrons. The molecule has 3 heteroatoms. The van der Waals surface area contributed by atoms with E-state index in [0.717, 1.165) is 36.2 Å². The molecule has 2 nitrogen and oxygen atoms in total. The first-order valence-corrected chi connectivity index (χ1v) is 8.65. The van der Waals surface area contributed by atoms with Gasteiger partial charge in [-0.2, -0.15) is 0 Å². The van der Waals surface area contributed by atoms with Crippen molar-refractivity contribution >= 4 is 11.6 Å². The van der Waals surface area contributed by atoms with Gasteiger partial charge in [0.25, 0.3) is 0 Å². The summed E-state index contributed by atoms with van der Waals surface area (Å²) in [5.74, 6) is 2.50. The molecule has 1 aromatic carbocycles. The van der Waals surface area contributed by atoms with Crippen LogP contribution in [0.2, 0.25) is 5.02 Å². The van der Waals surface area contributed by atoms with Crippen molar-refractivity contribution in [3.05, 3.63) is 28.8 Å². The number of rotatable bonds is 8. The maximum Gasteiger partial charge on any atom is 0.122 e. The lowest BCUT2D eigenvalue weighted by atomic mass is 9.85. The van der Waals surface area contributed by atoms with Gasteiger partial charge >= 0.3 is 0 Å². The van der Waals surface area contributed by atoms with Crippen molar-refractivity contribution in [3.63, 3.8) is 0 Å². The highest BCUT2D eigenvalue weighted by molar-refractivity contribution is 6.30. The maximum absolute atomic E-state index is 6.17. The SMILES string of the molecule is CCCNCC(Cc1cc(Cl)ccc1OC)C1CCCC1. The molecule has 1 fully saturated rings. The van der Waals surface area contributed by atoms with Crippen LogP contribution in [0.15, 0.2) is 18.2 Å². The average Bonchev–Trinajstić information content (AvgIpc) is 3.01. The van der Waals surface area contributed by atoms with Crippen LogP contribution in [0, 0.1) is 11.8 Å². The first kappa shape index (κ1) is 16.6. The summed E-state index contributed by atoms with van der Waals surface area (Å²) in [6, 6.07) is 5.97. The van der Waals surface area contributed by atoms with Crippen molar-refractivity contribution in [1.82, 2.24) is 5.32 Å². The van der Waals surface area contributed by atoms with Gasteiger partial charge in [0.05, 0.1) is 7.11 Å². The summed E-state index contributed by atoms with van der Waals surface area (Å²) < 4.78 is 5.51. The minimum Gasteiger partial charge on any atom is -0.496 e. The third-order valence-corrected chi connectivity index (χ3v) is 4.86. The molecule has 1 aliphatic rings. The zero-order valence-corrected chi connectivity index (χ0v) is 14.1. The highest BCUT2D eigenvalue weighted by Gasteiger charge is 2.25. The Morgan fingerprint density at radius 3 is 2.76 bits per heavy atom. The summed E-state index contributed by atoms with van der Waals surface area (Å²) >= 11 is 6.17. The number of benzene rings is 1. The molecule has 1 saturated carbocycles. The summed E-state index contributed by atoms with van der Waals surface area (Å²) in [6.07, 6.45) is 7.79. The van der Waals surface area contributed by atoms with Crippen molar-refractivity contribution in [2.24, 2.45) is 11.8 Å². The quantitative estimate of drug-likeness (QED) is 0.703. The molecule has 0 saturated heterocycles. The van der Waals surface area contributed by atoms with Crippen molar-refractivity contribution in [2.75, 3.05) is 20.2 Å². The molecule has 21 heavy (non-hydrogen) atoms. The van der Waals surface area contributed by atoms with Crippen molar-refractivity contribution in [3.8, 4) is 5.75 Å². The second-order valence-corrected chi connectivity index (χ2v) is 6.61. The van der Waals surface area contributed by atoms with Gasteiger partial charge in [0.15, 0.2) is 0 Å². The molecule has 2 rings (SSSR count). The summed E-state index contributed by atoms with van der Waals surface area (Å²) in [7, 11) is 1.74. The molecule has 0 bridgehead atoms. The van der Waals surface area contributed by atoms with Gasteiger partial charge in [-0.1, -0.05) is 44.2 Å². The number of hydrogen-bond acceptors (Lipinski definition) is 2. The van der Waals surface area contributed by atoms with Gasteiger partial charge in [0, 0.05) is 5.02 Å². The van der Waals surface area contributed by atoms with Crippen molar-refractivity contribution in [2.45, 2.75) is 45.4 Å². The Balaban J connectivity index is 2.07. The van der Waals surface area contributed by atoms with E-state index in [4.69, 9.17) is 16.3 Å². The number of methoxy groups -OCH3 is 1. The van der Waals surface area contributed by atoms with E-state index >= 15 is 0 Å². The molecule has 1 atom stereocenters. The Kier molecular flexibility index (Phi) is 6.85. The van der Waals surface area contributed by atoms with E-state index in [1.807, 2.05) is 12.1 Å². The number of hydrogen-bond donors (Lipinski definition) is 1. The van der Waals surface area contributed by atoms with E-state index in [0.29, 0.717) is 5.92 Å². The highest BCUT2D eigenvalue weighted by atomic mass is 35.5. The largest absolute Gasteiger partial charge is 0.496 e. The smallest absolute Gasteiger partial charge is 0.122 e. The summed E-state index contributed by atoms with van der Waals surface area (Å²) in [5.41, 5.74) is 1.25. The van der Waals surface area contributed by atoms with Crippen LogP contribution in [0.5, 0.6) is 5.75 Å². The monoisotopic (exact) mass is 309 g/mol. The zero-order chi connectivity index (χ0) is 15.1. The van der Waals surface area contributed by atoms with E-state index in [2.05, 4.69) is 18.3 Å². The molecule has 0 spiro atoms. The van der Waals surface area contributed by atoms with E-state index in [9.17, 15) is 0 Å². The Morgan fingerprint density at radius 1 is 1.33 bits per heavy atom. The van der Waals surface area contributed by atoms with E-state index < -0.39 is 0 Å².